The van der Waals surface area contributed by atoms with Gasteiger partial charge in [0.2, 0.25) is 0 Å². The zero-order chi connectivity index (χ0) is 17.5. The first-order chi connectivity index (χ1) is 12.8. The number of nitrogens with zero attached hydrogens (tertiary/aromatic N) is 4. The lowest BCUT2D eigenvalue weighted by atomic mass is 10.1. The molecule has 0 aliphatic carbocycles. The van der Waals surface area contributed by atoms with E-state index in [1.807, 2.05) is 41.3 Å². The second-order valence-electron chi connectivity index (χ2n) is 6.80. The van der Waals surface area contributed by atoms with Crippen LogP contribution in [0.2, 0.25) is 0 Å². The molecule has 1 aromatic carbocycles. The number of ether oxygens (including phenoxy) is 1. The highest BCUT2D eigenvalue weighted by Crippen LogP contribution is 2.22. The van der Waals surface area contributed by atoms with Gasteiger partial charge in [-0.05, 0) is 6.07 Å². The van der Waals surface area contributed by atoms with Gasteiger partial charge in [0.25, 0.3) is 5.91 Å². The number of hydrogen-bond donors (Lipinski definition) is 1. The van der Waals surface area contributed by atoms with E-state index in [-0.39, 0.29) is 5.91 Å². The zero-order valence-electron chi connectivity index (χ0n) is 14.2. The number of aromatic nitrogens is 3. The lowest BCUT2D eigenvalue weighted by Crippen LogP contribution is -2.64. The lowest BCUT2D eigenvalue weighted by Gasteiger charge is -2.43. The summed E-state index contributed by atoms with van der Waals surface area (Å²) < 4.78 is 6.91. The molecular formula is C19H19N5O2. The average molecular weight is 349 g/mol. The van der Waals surface area contributed by atoms with Crippen molar-refractivity contribution in [3.05, 3.63) is 54.4 Å². The molecule has 3 aromatic rings. The first-order valence-corrected chi connectivity index (χ1v) is 8.81. The van der Waals surface area contributed by atoms with E-state index in [2.05, 4.69) is 15.4 Å². The van der Waals surface area contributed by atoms with Gasteiger partial charge in [-0.25, -0.2) is 9.50 Å². The Kier molecular flexibility index (Phi) is 3.69. The largest absolute Gasteiger partial charge is 0.378 e. The number of fused-ring (bicyclic) bond motifs is 1. The summed E-state index contributed by atoms with van der Waals surface area (Å²) in [6.45, 7) is 2.96. The van der Waals surface area contributed by atoms with Crippen LogP contribution in [0.15, 0.2) is 48.8 Å². The summed E-state index contributed by atoms with van der Waals surface area (Å²) in [5.41, 5.74) is 3.11. The van der Waals surface area contributed by atoms with Crippen molar-refractivity contribution in [2.75, 3.05) is 26.3 Å². The summed E-state index contributed by atoms with van der Waals surface area (Å²) in [7, 11) is 0. The van der Waals surface area contributed by atoms with Crippen molar-refractivity contribution in [3.63, 3.8) is 0 Å². The molecule has 0 spiro atoms. The minimum atomic E-state index is -0.0133. The Morgan fingerprint density at radius 2 is 1.92 bits per heavy atom. The lowest BCUT2D eigenvalue weighted by molar-refractivity contribution is -0.0209. The minimum absolute atomic E-state index is 0.0133. The second-order valence-corrected chi connectivity index (χ2v) is 6.80. The molecule has 5 rings (SSSR count). The smallest absolute Gasteiger partial charge is 0.259 e. The predicted octanol–water partition coefficient (Wildman–Crippen LogP) is 1.21. The number of benzene rings is 1. The molecule has 1 N–H and O–H groups in total. The van der Waals surface area contributed by atoms with E-state index >= 15 is 0 Å². The van der Waals surface area contributed by atoms with Crippen LogP contribution in [-0.4, -0.2) is 63.8 Å². The fraction of sp³-hybridized carbons (Fsp3) is 0.316. The molecule has 1 amide bonds. The van der Waals surface area contributed by atoms with Gasteiger partial charge in [0, 0.05) is 30.9 Å². The van der Waals surface area contributed by atoms with Gasteiger partial charge in [-0.2, -0.15) is 5.10 Å². The molecule has 0 saturated carbocycles. The van der Waals surface area contributed by atoms with E-state index in [1.54, 1.807) is 16.9 Å². The molecule has 26 heavy (non-hydrogen) atoms. The maximum absolute atomic E-state index is 12.8. The van der Waals surface area contributed by atoms with Gasteiger partial charge in [0.1, 0.15) is 5.56 Å². The van der Waals surface area contributed by atoms with E-state index < -0.39 is 0 Å². The summed E-state index contributed by atoms with van der Waals surface area (Å²) >= 11 is 0. The molecule has 2 saturated heterocycles. The van der Waals surface area contributed by atoms with Crippen LogP contribution in [0.25, 0.3) is 16.9 Å². The van der Waals surface area contributed by atoms with Crippen molar-refractivity contribution in [1.29, 1.82) is 0 Å². The fourth-order valence-corrected chi connectivity index (χ4v) is 3.46. The average Bonchev–Trinajstić information content (AvgIpc) is 3.03. The summed E-state index contributed by atoms with van der Waals surface area (Å²) in [6.07, 6.45) is 3.35. The quantitative estimate of drug-likeness (QED) is 0.767. The summed E-state index contributed by atoms with van der Waals surface area (Å²) in [5, 5.41) is 7.92. The van der Waals surface area contributed by atoms with Crippen LogP contribution < -0.4 is 5.32 Å². The van der Waals surface area contributed by atoms with Crippen LogP contribution >= 0.6 is 0 Å². The first kappa shape index (κ1) is 15.5. The van der Waals surface area contributed by atoms with Gasteiger partial charge in [0.05, 0.1) is 31.1 Å². The molecular weight excluding hydrogens is 330 g/mol. The Morgan fingerprint density at radius 1 is 1.12 bits per heavy atom. The van der Waals surface area contributed by atoms with Crippen molar-refractivity contribution in [1.82, 2.24) is 24.8 Å². The van der Waals surface area contributed by atoms with Crippen LogP contribution in [0.3, 0.4) is 0 Å². The molecule has 4 heterocycles. The highest BCUT2D eigenvalue weighted by Gasteiger charge is 2.35. The molecule has 2 aliphatic heterocycles. The third-order valence-electron chi connectivity index (χ3n) is 4.98. The molecule has 0 radical (unpaired) electrons. The molecule has 0 bridgehead atoms. The second kappa shape index (κ2) is 6.19. The summed E-state index contributed by atoms with van der Waals surface area (Å²) in [5.74, 6) is -0.0133. The number of carbonyl (C=O) groups is 1. The Bertz CT molecular complexity index is 945. The third-order valence-corrected chi connectivity index (χ3v) is 4.98. The molecule has 132 valence electrons. The monoisotopic (exact) mass is 349 g/mol. The van der Waals surface area contributed by atoms with E-state index in [0.29, 0.717) is 36.4 Å². The van der Waals surface area contributed by atoms with E-state index in [9.17, 15) is 4.79 Å². The first-order valence-electron chi connectivity index (χ1n) is 8.81. The number of carbonyl (C=O) groups excluding carboxylic acids is 1. The van der Waals surface area contributed by atoms with Gasteiger partial charge in [-0.3, -0.25) is 4.79 Å². The van der Waals surface area contributed by atoms with Gasteiger partial charge in [-0.15, -0.1) is 0 Å². The molecule has 2 aromatic heterocycles. The molecule has 2 aliphatic rings. The van der Waals surface area contributed by atoms with Gasteiger partial charge in [0.15, 0.2) is 5.65 Å². The van der Waals surface area contributed by atoms with E-state index in [1.165, 1.54) is 0 Å². The molecule has 2 fully saturated rings. The Hall–Kier alpha value is -2.77. The molecule has 7 nitrogen and oxygen atoms in total. The number of amides is 1. The van der Waals surface area contributed by atoms with Crippen molar-refractivity contribution < 1.29 is 9.53 Å². The number of likely N-dealkylation sites (tertiary alicyclic amines) is 1. The van der Waals surface area contributed by atoms with Crippen LogP contribution in [0, 0.1) is 0 Å². The number of rotatable bonds is 4. The van der Waals surface area contributed by atoms with Crippen molar-refractivity contribution >= 4 is 11.6 Å². The zero-order valence-corrected chi connectivity index (χ0v) is 14.2. The summed E-state index contributed by atoms with van der Waals surface area (Å²) in [6, 6.07) is 12.7. The van der Waals surface area contributed by atoms with E-state index in [0.717, 1.165) is 24.5 Å². The topological polar surface area (TPSA) is 71.8 Å². The van der Waals surface area contributed by atoms with Crippen LogP contribution in [0.4, 0.5) is 0 Å². The summed E-state index contributed by atoms with van der Waals surface area (Å²) in [4.78, 5) is 19.1. The third kappa shape index (κ3) is 2.56. The minimum Gasteiger partial charge on any atom is -0.378 e. The molecule has 0 unspecified atom stereocenters. The SMILES string of the molecule is O=C(c1cnn2c(-c3ccccc3)ccnc12)N1CC(NC2COC2)C1. The fourth-order valence-electron chi connectivity index (χ4n) is 3.46. The van der Waals surface area contributed by atoms with Crippen LogP contribution in [-0.2, 0) is 4.74 Å². The van der Waals surface area contributed by atoms with Gasteiger partial charge >= 0.3 is 0 Å². The normalized spacial score (nSPS) is 17.9. The van der Waals surface area contributed by atoms with Crippen molar-refractivity contribution in [3.8, 4) is 11.3 Å². The van der Waals surface area contributed by atoms with Crippen LogP contribution in [0.5, 0.6) is 0 Å². The number of hydrogen-bond acceptors (Lipinski definition) is 5. The van der Waals surface area contributed by atoms with E-state index in [4.69, 9.17) is 4.74 Å². The highest BCUT2D eigenvalue weighted by atomic mass is 16.5. The Labute approximate surface area is 150 Å². The highest BCUT2D eigenvalue weighted by molar-refractivity contribution is 6.00. The number of nitrogens with one attached hydrogen (secondary N) is 1. The van der Waals surface area contributed by atoms with Gasteiger partial charge in [-0.1, -0.05) is 30.3 Å². The van der Waals surface area contributed by atoms with Gasteiger partial charge < -0.3 is 15.0 Å². The predicted molar refractivity (Wildman–Crippen MR) is 95.9 cm³/mol. The maximum Gasteiger partial charge on any atom is 0.259 e. The molecule has 0 atom stereocenters. The van der Waals surface area contributed by atoms with Crippen molar-refractivity contribution in [2.45, 2.75) is 12.1 Å². The van der Waals surface area contributed by atoms with Crippen LogP contribution in [0.1, 0.15) is 10.4 Å². The molecule has 7 heteroatoms. The standard InChI is InChI=1S/C19H19N5O2/c25-19(23-9-14(10-23)22-15-11-26-12-15)16-8-21-24-17(6-7-20-18(16)24)13-4-2-1-3-5-13/h1-8,14-15,22H,9-12H2. The van der Waals surface area contributed by atoms with Crippen molar-refractivity contribution in [2.24, 2.45) is 0 Å². The maximum atomic E-state index is 12.8. The Morgan fingerprint density at radius 3 is 2.65 bits per heavy atom. The Balaban J connectivity index is 1.37.